The standard InChI is InChI=1S/C25H19Cl2N3O2/c26-18-8-7-16(20(27)10-18)12-29-13-17(19-3-1-2-4-21(19)29)11-28-30-24(31)22-14-5-6-15(9-14)23(22)25(30)32/h1-8,10-11,13-15,22-23H,9,12H2/b28-11-/t14-,15-,22-,23-/m0/s1. The Hall–Kier alpha value is -2.89. The van der Waals surface area contributed by atoms with Gasteiger partial charge in [-0.3, -0.25) is 9.59 Å². The number of aromatic nitrogens is 1. The molecule has 1 saturated carbocycles. The molecule has 0 radical (unpaired) electrons. The van der Waals surface area contributed by atoms with Crippen molar-refractivity contribution in [3.8, 4) is 0 Å². The van der Waals surface area contributed by atoms with Crippen LogP contribution in [-0.2, 0) is 16.1 Å². The molecule has 32 heavy (non-hydrogen) atoms. The minimum absolute atomic E-state index is 0.174. The van der Waals surface area contributed by atoms with E-state index < -0.39 is 0 Å². The average Bonchev–Trinajstić information content (AvgIpc) is 3.53. The summed E-state index contributed by atoms with van der Waals surface area (Å²) >= 11 is 12.4. The third kappa shape index (κ3) is 2.95. The highest BCUT2D eigenvalue weighted by atomic mass is 35.5. The number of carbonyl (C=O) groups is 2. The van der Waals surface area contributed by atoms with Crippen molar-refractivity contribution in [1.29, 1.82) is 0 Å². The van der Waals surface area contributed by atoms with E-state index in [1.54, 1.807) is 12.3 Å². The summed E-state index contributed by atoms with van der Waals surface area (Å²) in [7, 11) is 0. The second-order valence-corrected chi connectivity index (χ2v) is 9.54. The van der Waals surface area contributed by atoms with Gasteiger partial charge in [-0.2, -0.15) is 10.1 Å². The zero-order valence-electron chi connectivity index (χ0n) is 17.0. The van der Waals surface area contributed by atoms with E-state index in [4.69, 9.17) is 23.2 Å². The molecular formula is C25H19Cl2N3O2. The summed E-state index contributed by atoms with van der Waals surface area (Å²) in [4.78, 5) is 25.8. The van der Waals surface area contributed by atoms with E-state index in [9.17, 15) is 9.59 Å². The monoisotopic (exact) mass is 463 g/mol. The summed E-state index contributed by atoms with van der Waals surface area (Å²) in [6.45, 7) is 0.561. The first-order valence-corrected chi connectivity index (χ1v) is 11.4. The highest BCUT2D eigenvalue weighted by molar-refractivity contribution is 6.35. The van der Waals surface area contributed by atoms with Crippen LogP contribution >= 0.6 is 23.2 Å². The molecule has 0 unspecified atom stereocenters. The van der Waals surface area contributed by atoms with Crippen LogP contribution in [0.1, 0.15) is 17.5 Å². The molecule has 5 nitrogen and oxygen atoms in total. The second kappa shape index (κ2) is 7.32. The van der Waals surface area contributed by atoms with Crippen LogP contribution < -0.4 is 0 Å². The van der Waals surface area contributed by atoms with Crippen molar-refractivity contribution in [2.45, 2.75) is 13.0 Å². The van der Waals surface area contributed by atoms with E-state index in [2.05, 4.69) is 21.8 Å². The first-order chi connectivity index (χ1) is 15.5. The lowest BCUT2D eigenvalue weighted by Crippen LogP contribution is -2.28. The number of hydrogen-bond donors (Lipinski definition) is 0. The number of imide groups is 1. The molecule has 2 fully saturated rings. The fraction of sp³-hybridized carbons (Fsp3) is 0.240. The van der Waals surface area contributed by atoms with Gasteiger partial charge < -0.3 is 4.57 Å². The number of halogens is 2. The quantitative estimate of drug-likeness (QED) is 0.305. The number of carbonyl (C=O) groups excluding carboxylic acids is 2. The minimum Gasteiger partial charge on any atom is -0.342 e. The van der Waals surface area contributed by atoms with E-state index in [0.29, 0.717) is 16.6 Å². The topological polar surface area (TPSA) is 54.7 Å². The molecule has 2 bridgehead atoms. The second-order valence-electron chi connectivity index (χ2n) is 8.70. The molecule has 6 rings (SSSR count). The van der Waals surface area contributed by atoms with Crippen LogP contribution in [0.2, 0.25) is 10.0 Å². The third-order valence-electron chi connectivity index (χ3n) is 6.93. The van der Waals surface area contributed by atoms with Crippen molar-refractivity contribution in [1.82, 2.24) is 9.58 Å². The Balaban J connectivity index is 1.32. The molecule has 1 aliphatic heterocycles. The van der Waals surface area contributed by atoms with Crippen molar-refractivity contribution in [3.05, 3.63) is 82.0 Å². The van der Waals surface area contributed by atoms with Gasteiger partial charge in [0.25, 0.3) is 11.8 Å². The molecule has 0 spiro atoms. The van der Waals surface area contributed by atoms with Gasteiger partial charge in [-0.1, -0.05) is 59.6 Å². The Morgan fingerprint density at radius 1 is 1.00 bits per heavy atom. The summed E-state index contributed by atoms with van der Waals surface area (Å²) in [6.07, 6.45) is 8.66. The number of allylic oxidation sites excluding steroid dienone is 2. The molecule has 2 amide bonds. The molecule has 3 aliphatic rings. The van der Waals surface area contributed by atoms with Crippen molar-refractivity contribution >= 4 is 52.1 Å². The summed E-state index contributed by atoms with van der Waals surface area (Å²) in [6, 6.07) is 13.4. The molecule has 7 heteroatoms. The van der Waals surface area contributed by atoms with Gasteiger partial charge >= 0.3 is 0 Å². The maximum absolute atomic E-state index is 12.9. The zero-order chi connectivity index (χ0) is 22.0. The number of rotatable bonds is 4. The number of benzene rings is 2. The van der Waals surface area contributed by atoms with Crippen molar-refractivity contribution in [3.63, 3.8) is 0 Å². The van der Waals surface area contributed by atoms with Crippen LogP contribution in [0, 0.1) is 23.7 Å². The highest BCUT2D eigenvalue weighted by Crippen LogP contribution is 2.52. The Labute approximate surface area is 194 Å². The van der Waals surface area contributed by atoms with Gasteiger partial charge in [-0.15, -0.1) is 0 Å². The first kappa shape index (κ1) is 19.8. The molecule has 2 aromatic carbocycles. The highest BCUT2D eigenvalue weighted by Gasteiger charge is 2.59. The zero-order valence-corrected chi connectivity index (χ0v) is 18.5. The molecule has 3 aromatic rings. The van der Waals surface area contributed by atoms with E-state index in [1.165, 1.54) is 0 Å². The van der Waals surface area contributed by atoms with E-state index in [1.807, 2.05) is 42.6 Å². The van der Waals surface area contributed by atoms with Gasteiger partial charge in [0.2, 0.25) is 0 Å². The molecule has 2 aliphatic carbocycles. The number of hydrogen-bond acceptors (Lipinski definition) is 3. The number of nitrogens with zero attached hydrogens (tertiary/aromatic N) is 3. The number of amides is 2. The van der Waals surface area contributed by atoms with Gasteiger partial charge in [0.05, 0.1) is 18.1 Å². The van der Waals surface area contributed by atoms with Gasteiger partial charge in [0.1, 0.15) is 0 Å². The molecule has 4 atom stereocenters. The molecule has 2 heterocycles. The lowest BCUT2D eigenvalue weighted by molar-refractivity contribution is -0.140. The normalized spacial score (nSPS) is 26.2. The Bertz CT molecular complexity index is 1310. The Kier molecular flexibility index (Phi) is 4.52. The first-order valence-electron chi connectivity index (χ1n) is 10.6. The summed E-state index contributed by atoms with van der Waals surface area (Å²) in [5.41, 5.74) is 2.80. The molecule has 1 aromatic heterocycles. The lowest BCUT2D eigenvalue weighted by atomic mass is 9.85. The van der Waals surface area contributed by atoms with Gasteiger partial charge in [-0.25, -0.2) is 0 Å². The van der Waals surface area contributed by atoms with Crippen LogP contribution in [0.5, 0.6) is 0 Å². The molecule has 0 N–H and O–H groups in total. The maximum atomic E-state index is 12.9. The Morgan fingerprint density at radius 2 is 1.72 bits per heavy atom. The predicted octanol–water partition coefficient (Wildman–Crippen LogP) is 5.14. The van der Waals surface area contributed by atoms with Crippen molar-refractivity contribution < 1.29 is 9.59 Å². The van der Waals surface area contributed by atoms with Crippen LogP contribution in [0.15, 0.2) is 65.9 Å². The van der Waals surface area contributed by atoms with E-state index in [0.717, 1.165) is 33.5 Å². The lowest BCUT2D eigenvalue weighted by Gasteiger charge is -2.13. The predicted molar refractivity (Wildman–Crippen MR) is 125 cm³/mol. The van der Waals surface area contributed by atoms with Crippen LogP contribution in [0.3, 0.4) is 0 Å². The van der Waals surface area contributed by atoms with Gasteiger partial charge in [0.15, 0.2) is 0 Å². The third-order valence-corrected chi connectivity index (χ3v) is 7.52. The fourth-order valence-corrected chi connectivity index (χ4v) is 5.93. The van der Waals surface area contributed by atoms with Crippen LogP contribution in [-0.4, -0.2) is 27.6 Å². The van der Waals surface area contributed by atoms with Gasteiger partial charge in [-0.05, 0) is 42.0 Å². The fourth-order valence-electron chi connectivity index (χ4n) is 5.46. The minimum atomic E-state index is -0.247. The summed E-state index contributed by atoms with van der Waals surface area (Å²) in [5.74, 6) is -0.499. The number of fused-ring (bicyclic) bond motifs is 6. The smallest absolute Gasteiger partial charge is 0.254 e. The molecule has 160 valence electrons. The summed E-state index contributed by atoms with van der Waals surface area (Å²) in [5, 5.41) is 7.63. The SMILES string of the molecule is O=C1[C@@H]2[C@@H](C(=O)N1/N=C\c1cn(Cc3ccc(Cl)cc3Cl)c3ccccc13)[C@H]1C=C[C@H]2C1. The Morgan fingerprint density at radius 3 is 2.44 bits per heavy atom. The number of para-hydroxylation sites is 1. The van der Waals surface area contributed by atoms with Crippen LogP contribution in [0.25, 0.3) is 10.9 Å². The summed E-state index contributed by atoms with van der Waals surface area (Å²) < 4.78 is 2.08. The average molecular weight is 464 g/mol. The van der Waals surface area contributed by atoms with Gasteiger partial charge in [0, 0.05) is 39.3 Å². The maximum Gasteiger partial charge on any atom is 0.254 e. The largest absolute Gasteiger partial charge is 0.342 e. The molecule has 1 saturated heterocycles. The number of hydrazone groups is 1. The van der Waals surface area contributed by atoms with E-state index >= 15 is 0 Å². The van der Waals surface area contributed by atoms with Crippen molar-refractivity contribution in [2.24, 2.45) is 28.8 Å². The van der Waals surface area contributed by atoms with Crippen LogP contribution in [0.4, 0.5) is 0 Å². The van der Waals surface area contributed by atoms with E-state index in [-0.39, 0.29) is 35.5 Å². The molecular weight excluding hydrogens is 445 g/mol. The van der Waals surface area contributed by atoms with Crippen molar-refractivity contribution in [2.75, 3.05) is 0 Å².